The largest absolute Gasteiger partial charge is 0.321 e. The third-order valence-corrected chi connectivity index (χ3v) is 7.40. The van der Waals surface area contributed by atoms with Crippen LogP contribution in [0.5, 0.6) is 0 Å². The van der Waals surface area contributed by atoms with E-state index in [1.165, 1.54) is 46.8 Å². The standard InChI is InChI=1S/C18H17ClF2N2O3S2/c19-14-7-4-8-15(16(14)27-18(20)21)22-17(24)12-5-3-6-13(11-12)28(25,26)23-9-1-2-10-23/h3-8,11,18H,1-2,9-10H2,(H,22,24). The number of benzene rings is 2. The Bertz CT molecular complexity index is 981. The average molecular weight is 447 g/mol. The fourth-order valence-corrected chi connectivity index (χ4v) is 5.36. The quantitative estimate of drug-likeness (QED) is 0.653. The molecule has 0 bridgehead atoms. The lowest BCUT2D eigenvalue weighted by atomic mass is 10.2. The van der Waals surface area contributed by atoms with Gasteiger partial charge in [-0.05, 0) is 43.2 Å². The highest BCUT2D eigenvalue weighted by molar-refractivity contribution is 7.99. The zero-order chi connectivity index (χ0) is 20.3. The van der Waals surface area contributed by atoms with Gasteiger partial charge < -0.3 is 5.32 Å². The van der Waals surface area contributed by atoms with E-state index in [0.717, 1.165) is 12.8 Å². The van der Waals surface area contributed by atoms with E-state index in [9.17, 15) is 22.0 Å². The minimum absolute atomic E-state index is 0.0234. The lowest BCUT2D eigenvalue weighted by Gasteiger charge is -2.16. The van der Waals surface area contributed by atoms with Crippen LogP contribution in [-0.4, -0.2) is 37.5 Å². The van der Waals surface area contributed by atoms with Crippen LogP contribution in [0.2, 0.25) is 5.02 Å². The lowest BCUT2D eigenvalue weighted by molar-refractivity contribution is 0.102. The number of hydrogen-bond acceptors (Lipinski definition) is 4. The first kappa shape index (κ1) is 21.0. The number of rotatable bonds is 6. The van der Waals surface area contributed by atoms with Crippen LogP contribution in [0, 0.1) is 0 Å². The number of sulfonamides is 1. The highest BCUT2D eigenvalue weighted by atomic mass is 35.5. The van der Waals surface area contributed by atoms with Gasteiger partial charge in [-0.2, -0.15) is 13.1 Å². The number of nitrogens with zero attached hydrogens (tertiary/aromatic N) is 1. The Morgan fingerprint density at radius 2 is 1.82 bits per heavy atom. The van der Waals surface area contributed by atoms with Gasteiger partial charge in [-0.25, -0.2) is 8.42 Å². The number of nitrogens with one attached hydrogen (secondary N) is 1. The molecule has 5 nitrogen and oxygen atoms in total. The minimum Gasteiger partial charge on any atom is -0.321 e. The van der Waals surface area contributed by atoms with E-state index in [-0.39, 0.29) is 37.8 Å². The van der Waals surface area contributed by atoms with Gasteiger partial charge in [-0.15, -0.1) is 0 Å². The maximum Gasteiger partial charge on any atom is 0.289 e. The average Bonchev–Trinajstić information content (AvgIpc) is 3.20. The Morgan fingerprint density at radius 1 is 1.14 bits per heavy atom. The summed E-state index contributed by atoms with van der Waals surface area (Å²) in [5.41, 5.74) is 0.240. The fraction of sp³-hybridized carbons (Fsp3) is 0.278. The molecule has 1 amide bonds. The fourth-order valence-electron chi connectivity index (χ4n) is 2.89. The molecule has 28 heavy (non-hydrogen) atoms. The van der Waals surface area contributed by atoms with Crippen LogP contribution in [0.3, 0.4) is 0 Å². The monoisotopic (exact) mass is 446 g/mol. The first-order chi connectivity index (χ1) is 13.3. The molecule has 150 valence electrons. The molecule has 0 aliphatic carbocycles. The summed E-state index contributed by atoms with van der Waals surface area (Å²) in [6.45, 7) is 0.908. The Hall–Kier alpha value is -1.68. The maximum atomic E-state index is 12.8. The molecule has 0 spiro atoms. The number of alkyl halides is 2. The van der Waals surface area contributed by atoms with Crippen molar-refractivity contribution in [2.45, 2.75) is 28.4 Å². The second-order valence-electron chi connectivity index (χ2n) is 6.09. The van der Waals surface area contributed by atoms with Crippen LogP contribution >= 0.6 is 23.4 Å². The summed E-state index contributed by atoms with van der Waals surface area (Å²) in [6.07, 6.45) is 1.61. The van der Waals surface area contributed by atoms with Gasteiger partial charge in [-0.1, -0.05) is 35.5 Å². The minimum atomic E-state index is -3.67. The zero-order valence-electron chi connectivity index (χ0n) is 14.6. The molecule has 1 aliphatic rings. The van der Waals surface area contributed by atoms with E-state index in [1.54, 1.807) is 0 Å². The van der Waals surface area contributed by atoms with E-state index < -0.39 is 21.7 Å². The molecule has 0 aromatic heterocycles. The third kappa shape index (κ3) is 4.65. The first-order valence-corrected chi connectivity index (χ1v) is 11.1. The molecule has 10 heteroatoms. The number of thioether (sulfide) groups is 1. The Kier molecular flexibility index (Phi) is 6.59. The van der Waals surface area contributed by atoms with E-state index in [2.05, 4.69) is 5.32 Å². The molecule has 0 radical (unpaired) electrons. The van der Waals surface area contributed by atoms with E-state index in [0.29, 0.717) is 13.1 Å². The van der Waals surface area contributed by atoms with Gasteiger partial charge >= 0.3 is 0 Å². The molecule has 1 N–H and O–H groups in total. The van der Waals surface area contributed by atoms with Crippen molar-refractivity contribution in [1.82, 2.24) is 4.31 Å². The van der Waals surface area contributed by atoms with Crippen molar-refractivity contribution in [2.75, 3.05) is 18.4 Å². The van der Waals surface area contributed by atoms with Crippen LogP contribution in [-0.2, 0) is 10.0 Å². The summed E-state index contributed by atoms with van der Waals surface area (Å²) in [5, 5.41) is 2.63. The summed E-state index contributed by atoms with van der Waals surface area (Å²) in [6, 6.07) is 10.1. The molecule has 2 aromatic rings. The predicted molar refractivity (Wildman–Crippen MR) is 106 cm³/mol. The van der Waals surface area contributed by atoms with Crippen molar-refractivity contribution >= 4 is 45.0 Å². The van der Waals surface area contributed by atoms with E-state index >= 15 is 0 Å². The van der Waals surface area contributed by atoms with Gasteiger partial charge in [0.25, 0.3) is 11.7 Å². The van der Waals surface area contributed by atoms with Crippen molar-refractivity contribution in [2.24, 2.45) is 0 Å². The predicted octanol–water partition coefficient (Wildman–Crippen LogP) is 4.69. The Morgan fingerprint density at radius 3 is 2.50 bits per heavy atom. The van der Waals surface area contributed by atoms with Gasteiger partial charge in [0.2, 0.25) is 10.0 Å². The van der Waals surface area contributed by atoms with Crippen LogP contribution in [0.4, 0.5) is 14.5 Å². The zero-order valence-corrected chi connectivity index (χ0v) is 17.0. The molecule has 1 aliphatic heterocycles. The Balaban J connectivity index is 1.86. The smallest absolute Gasteiger partial charge is 0.289 e. The summed E-state index contributed by atoms with van der Waals surface area (Å²) in [4.78, 5) is 12.7. The Labute approximate surface area is 171 Å². The molecule has 0 unspecified atom stereocenters. The van der Waals surface area contributed by atoms with Crippen molar-refractivity contribution in [3.05, 3.63) is 53.1 Å². The van der Waals surface area contributed by atoms with Gasteiger partial charge in [0.15, 0.2) is 0 Å². The maximum absolute atomic E-state index is 12.8. The van der Waals surface area contributed by atoms with Gasteiger partial charge in [0.05, 0.1) is 20.5 Å². The summed E-state index contributed by atoms with van der Waals surface area (Å²) >= 11 is 6.20. The first-order valence-electron chi connectivity index (χ1n) is 8.44. The molecule has 3 rings (SSSR count). The number of amides is 1. The number of hydrogen-bond donors (Lipinski definition) is 1. The molecular weight excluding hydrogens is 430 g/mol. The van der Waals surface area contributed by atoms with Gasteiger partial charge in [0.1, 0.15) is 0 Å². The molecule has 1 fully saturated rings. The van der Waals surface area contributed by atoms with E-state index in [4.69, 9.17) is 11.6 Å². The third-order valence-electron chi connectivity index (χ3n) is 4.22. The number of carbonyl (C=O) groups excluding carboxylic acids is 1. The second-order valence-corrected chi connectivity index (χ2v) is 9.43. The highest BCUT2D eigenvalue weighted by Gasteiger charge is 2.27. The topological polar surface area (TPSA) is 66.5 Å². The van der Waals surface area contributed by atoms with Gasteiger partial charge in [-0.3, -0.25) is 4.79 Å². The molecule has 0 saturated carbocycles. The molecule has 0 atom stereocenters. The lowest BCUT2D eigenvalue weighted by Crippen LogP contribution is -2.28. The molecule has 1 heterocycles. The number of carbonyl (C=O) groups is 1. The SMILES string of the molecule is O=C(Nc1cccc(Cl)c1SC(F)F)c1cccc(S(=O)(=O)N2CCCC2)c1. The van der Waals surface area contributed by atoms with Crippen LogP contribution in [0.1, 0.15) is 23.2 Å². The number of halogens is 3. The van der Waals surface area contributed by atoms with Crippen molar-refractivity contribution in [3.63, 3.8) is 0 Å². The molecular formula is C18H17ClF2N2O3S2. The number of anilines is 1. The van der Waals surface area contributed by atoms with Crippen molar-refractivity contribution in [3.8, 4) is 0 Å². The highest BCUT2D eigenvalue weighted by Crippen LogP contribution is 2.37. The van der Waals surface area contributed by atoms with E-state index in [1.807, 2.05) is 0 Å². The van der Waals surface area contributed by atoms with Crippen LogP contribution in [0.15, 0.2) is 52.3 Å². The normalized spacial score (nSPS) is 15.1. The van der Waals surface area contributed by atoms with Crippen LogP contribution in [0.25, 0.3) is 0 Å². The summed E-state index contributed by atoms with van der Waals surface area (Å²) < 4.78 is 52.3. The van der Waals surface area contributed by atoms with Gasteiger partial charge in [0, 0.05) is 18.7 Å². The van der Waals surface area contributed by atoms with Crippen molar-refractivity contribution < 1.29 is 22.0 Å². The second kappa shape index (κ2) is 8.77. The van der Waals surface area contributed by atoms with Crippen LogP contribution < -0.4 is 5.32 Å². The molecule has 1 saturated heterocycles. The summed E-state index contributed by atoms with van der Waals surface area (Å²) in [5.74, 6) is -3.32. The summed E-state index contributed by atoms with van der Waals surface area (Å²) in [7, 11) is -3.67. The van der Waals surface area contributed by atoms with Crippen molar-refractivity contribution in [1.29, 1.82) is 0 Å². The molecule has 2 aromatic carbocycles.